The molecule has 0 radical (unpaired) electrons. The SMILES string of the molecule is CCc1cc(-c2nncn2C)n(CC)n1. The molecule has 0 fully saturated rings. The summed E-state index contributed by atoms with van der Waals surface area (Å²) in [7, 11) is 1.94. The van der Waals surface area contributed by atoms with Gasteiger partial charge in [0.15, 0.2) is 5.82 Å². The van der Waals surface area contributed by atoms with Gasteiger partial charge in [0.1, 0.15) is 12.0 Å². The second kappa shape index (κ2) is 3.84. The Morgan fingerprint density at radius 2 is 2.13 bits per heavy atom. The van der Waals surface area contributed by atoms with Crippen LogP contribution >= 0.6 is 0 Å². The van der Waals surface area contributed by atoms with Crippen molar-refractivity contribution in [3.63, 3.8) is 0 Å². The number of aromatic nitrogens is 5. The third-order valence-electron chi connectivity index (χ3n) is 2.43. The summed E-state index contributed by atoms with van der Waals surface area (Å²) in [4.78, 5) is 0. The van der Waals surface area contributed by atoms with Crippen molar-refractivity contribution in [2.45, 2.75) is 26.8 Å². The molecule has 5 nitrogen and oxygen atoms in total. The molecule has 2 aromatic heterocycles. The summed E-state index contributed by atoms with van der Waals surface area (Å²) < 4.78 is 3.87. The quantitative estimate of drug-likeness (QED) is 0.758. The van der Waals surface area contributed by atoms with Crippen LogP contribution in [0.25, 0.3) is 11.5 Å². The van der Waals surface area contributed by atoms with Crippen LogP contribution in [0.4, 0.5) is 0 Å². The van der Waals surface area contributed by atoms with E-state index in [1.54, 1.807) is 6.33 Å². The minimum atomic E-state index is 0.849. The minimum absolute atomic E-state index is 0.849. The van der Waals surface area contributed by atoms with E-state index in [2.05, 4.69) is 35.2 Å². The lowest BCUT2D eigenvalue weighted by molar-refractivity contribution is 0.649. The summed E-state index contributed by atoms with van der Waals surface area (Å²) in [6.45, 7) is 5.03. The van der Waals surface area contributed by atoms with Crippen molar-refractivity contribution >= 4 is 0 Å². The predicted octanol–water partition coefficient (Wildman–Crippen LogP) is 1.26. The highest BCUT2D eigenvalue weighted by molar-refractivity contribution is 5.50. The summed E-state index contributed by atoms with van der Waals surface area (Å²) in [5, 5.41) is 12.5. The van der Waals surface area contributed by atoms with Gasteiger partial charge < -0.3 is 4.57 Å². The molecule has 2 heterocycles. The highest BCUT2D eigenvalue weighted by Gasteiger charge is 2.12. The topological polar surface area (TPSA) is 48.5 Å². The Hall–Kier alpha value is -1.65. The first-order chi connectivity index (χ1) is 7.26. The van der Waals surface area contributed by atoms with E-state index in [1.165, 1.54) is 0 Å². The molecular weight excluding hydrogens is 190 g/mol. The normalized spacial score (nSPS) is 10.9. The second-order valence-corrected chi connectivity index (χ2v) is 3.46. The van der Waals surface area contributed by atoms with E-state index in [4.69, 9.17) is 0 Å². The molecule has 0 N–H and O–H groups in total. The van der Waals surface area contributed by atoms with Gasteiger partial charge in [0, 0.05) is 13.6 Å². The molecule has 0 aliphatic rings. The van der Waals surface area contributed by atoms with E-state index in [9.17, 15) is 0 Å². The first-order valence-electron chi connectivity index (χ1n) is 5.17. The molecular formula is C10H15N5. The largest absolute Gasteiger partial charge is 0.315 e. The summed E-state index contributed by atoms with van der Waals surface area (Å²) in [6, 6.07) is 2.08. The maximum Gasteiger partial charge on any atom is 0.181 e. The van der Waals surface area contributed by atoms with Crippen molar-refractivity contribution in [2.24, 2.45) is 7.05 Å². The third-order valence-corrected chi connectivity index (χ3v) is 2.43. The zero-order valence-corrected chi connectivity index (χ0v) is 9.30. The van der Waals surface area contributed by atoms with Gasteiger partial charge in [-0.2, -0.15) is 5.10 Å². The van der Waals surface area contributed by atoms with Crippen molar-refractivity contribution in [2.75, 3.05) is 0 Å². The van der Waals surface area contributed by atoms with Gasteiger partial charge in [0.25, 0.3) is 0 Å². The van der Waals surface area contributed by atoms with Gasteiger partial charge in [-0.15, -0.1) is 10.2 Å². The number of aryl methyl sites for hydroxylation is 3. The monoisotopic (exact) mass is 205 g/mol. The molecule has 15 heavy (non-hydrogen) atoms. The Balaban J connectivity index is 2.51. The molecule has 80 valence electrons. The Morgan fingerprint density at radius 3 is 2.67 bits per heavy atom. The Kier molecular flexibility index (Phi) is 2.53. The number of nitrogens with zero attached hydrogens (tertiary/aromatic N) is 5. The van der Waals surface area contributed by atoms with Gasteiger partial charge in [-0.1, -0.05) is 6.92 Å². The first-order valence-corrected chi connectivity index (χ1v) is 5.17. The highest BCUT2D eigenvalue weighted by Crippen LogP contribution is 2.17. The van der Waals surface area contributed by atoms with Crippen LogP contribution < -0.4 is 0 Å². The number of hydrogen-bond donors (Lipinski definition) is 0. The maximum absolute atomic E-state index is 4.48. The average Bonchev–Trinajstić information content (AvgIpc) is 2.82. The fourth-order valence-electron chi connectivity index (χ4n) is 1.58. The molecule has 0 saturated heterocycles. The van der Waals surface area contributed by atoms with Crippen LogP contribution in [0.2, 0.25) is 0 Å². The molecule has 0 amide bonds. The van der Waals surface area contributed by atoms with Crippen molar-refractivity contribution in [3.8, 4) is 11.5 Å². The summed E-state index contributed by atoms with van der Waals surface area (Å²) in [5.74, 6) is 0.865. The lowest BCUT2D eigenvalue weighted by atomic mass is 10.3. The van der Waals surface area contributed by atoms with Crippen LogP contribution in [-0.4, -0.2) is 24.5 Å². The van der Waals surface area contributed by atoms with Crippen molar-refractivity contribution in [1.82, 2.24) is 24.5 Å². The van der Waals surface area contributed by atoms with Crippen molar-refractivity contribution in [1.29, 1.82) is 0 Å². The zero-order valence-electron chi connectivity index (χ0n) is 9.30. The second-order valence-electron chi connectivity index (χ2n) is 3.46. The van der Waals surface area contributed by atoms with Gasteiger partial charge in [0.05, 0.1) is 5.69 Å². The average molecular weight is 205 g/mol. The maximum atomic E-state index is 4.48. The van der Waals surface area contributed by atoms with Crippen LogP contribution in [0.3, 0.4) is 0 Å². The van der Waals surface area contributed by atoms with E-state index < -0.39 is 0 Å². The number of hydrogen-bond acceptors (Lipinski definition) is 3. The summed E-state index contributed by atoms with van der Waals surface area (Å²) in [5.41, 5.74) is 2.13. The molecule has 2 rings (SSSR count). The molecule has 5 heteroatoms. The molecule has 0 saturated carbocycles. The van der Waals surface area contributed by atoms with Gasteiger partial charge in [-0.3, -0.25) is 4.68 Å². The highest BCUT2D eigenvalue weighted by atomic mass is 15.3. The predicted molar refractivity (Wildman–Crippen MR) is 57.3 cm³/mol. The smallest absolute Gasteiger partial charge is 0.181 e. The molecule has 0 unspecified atom stereocenters. The van der Waals surface area contributed by atoms with Gasteiger partial charge in [-0.05, 0) is 19.4 Å². The van der Waals surface area contributed by atoms with Crippen molar-refractivity contribution < 1.29 is 0 Å². The van der Waals surface area contributed by atoms with E-state index in [0.717, 1.165) is 30.2 Å². The lowest BCUT2D eigenvalue weighted by Gasteiger charge is -2.02. The minimum Gasteiger partial charge on any atom is -0.315 e. The van der Waals surface area contributed by atoms with E-state index >= 15 is 0 Å². The standard InChI is InChI=1S/C10H15N5/c1-4-8-6-9(15(5-2)13-8)10-12-11-7-14(10)3/h6-7H,4-5H2,1-3H3. The Labute approximate surface area is 88.7 Å². The van der Waals surface area contributed by atoms with E-state index in [0.29, 0.717) is 0 Å². The van der Waals surface area contributed by atoms with Crippen LogP contribution in [0, 0.1) is 0 Å². The van der Waals surface area contributed by atoms with Crippen molar-refractivity contribution in [3.05, 3.63) is 18.1 Å². The molecule has 0 aliphatic carbocycles. The Morgan fingerprint density at radius 1 is 1.33 bits per heavy atom. The summed E-state index contributed by atoms with van der Waals surface area (Å²) >= 11 is 0. The fraction of sp³-hybridized carbons (Fsp3) is 0.500. The molecule has 0 spiro atoms. The first kappa shape index (κ1) is 9.89. The van der Waals surface area contributed by atoms with Crippen LogP contribution in [-0.2, 0) is 20.0 Å². The molecule has 0 atom stereocenters. The van der Waals surface area contributed by atoms with Gasteiger partial charge >= 0.3 is 0 Å². The van der Waals surface area contributed by atoms with Crippen LogP contribution in [0.1, 0.15) is 19.5 Å². The van der Waals surface area contributed by atoms with Gasteiger partial charge in [0.2, 0.25) is 0 Å². The lowest BCUT2D eigenvalue weighted by Crippen LogP contribution is -2.02. The number of rotatable bonds is 3. The zero-order chi connectivity index (χ0) is 10.8. The molecule has 0 aliphatic heterocycles. The van der Waals surface area contributed by atoms with Crippen LogP contribution in [0.5, 0.6) is 0 Å². The molecule has 2 aromatic rings. The summed E-state index contributed by atoms with van der Waals surface area (Å²) in [6.07, 6.45) is 2.64. The Bertz CT molecular complexity index is 454. The van der Waals surface area contributed by atoms with E-state index in [1.807, 2.05) is 16.3 Å². The third kappa shape index (κ3) is 1.65. The van der Waals surface area contributed by atoms with Crippen LogP contribution in [0.15, 0.2) is 12.4 Å². The molecule has 0 aromatic carbocycles. The van der Waals surface area contributed by atoms with Gasteiger partial charge in [-0.25, -0.2) is 0 Å². The fourth-order valence-corrected chi connectivity index (χ4v) is 1.58. The van der Waals surface area contributed by atoms with E-state index in [-0.39, 0.29) is 0 Å². The molecule has 0 bridgehead atoms.